The van der Waals surface area contributed by atoms with E-state index in [1.807, 2.05) is 35.2 Å². The van der Waals surface area contributed by atoms with Crippen LogP contribution in [-0.4, -0.2) is 55.0 Å². The van der Waals surface area contributed by atoms with Crippen molar-refractivity contribution in [1.29, 1.82) is 0 Å². The van der Waals surface area contributed by atoms with Crippen LogP contribution in [-0.2, 0) is 11.2 Å². The Balaban J connectivity index is 0.00000220. The Hall–Kier alpha value is -0.810. The van der Waals surface area contributed by atoms with Crippen molar-refractivity contribution < 1.29 is 4.79 Å². The Kier molecular flexibility index (Phi) is 9.69. The monoisotopic (exact) mass is 347 g/mol. The predicted molar refractivity (Wildman–Crippen MR) is 95.9 cm³/mol. The van der Waals surface area contributed by atoms with Crippen molar-refractivity contribution in [1.82, 2.24) is 9.80 Å². The Morgan fingerprint density at radius 1 is 1.23 bits per heavy atom. The summed E-state index contributed by atoms with van der Waals surface area (Å²) in [5.74, 6) is 0.0889. The van der Waals surface area contributed by atoms with Gasteiger partial charge in [0.05, 0.1) is 6.04 Å². The number of nitrogens with two attached hydrogens (primary N) is 1. The van der Waals surface area contributed by atoms with Crippen molar-refractivity contribution in [2.45, 2.75) is 31.3 Å². The van der Waals surface area contributed by atoms with Gasteiger partial charge in [-0.05, 0) is 38.9 Å². The molecule has 0 radical (unpaired) electrons. The Morgan fingerprint density at radius 3 is 2.27 bits per heavy atom. The van der Waals surface area contributed by atoms with E-state index in [2.05, 4.69) is 19.0 Å². The number of nitrogens with zero attached hydrogens (tertiary/aromatic N) is 2. The van der Waals surface area contributed by atoms with E-state index in [9.17, 15) is 4.79 Å². The maximum Gasteiger partial charge on any atom is 0.239 e. The number of amides is 1. The minimum absolute atomic E-state index is 0. The summed E-state index contributed by atoms with van der Waals surface area (Å²) in [7, 11) is 4.20. The minimum Gasteiger partial charge on any atom is -0.341 e. The van der Waals surface area contributed by atoms with Crippen LogP contribution in [0.15, 0.2) is 30.3 Å². The molecule has 1 amide bonds. The molecule has 1 aliphatic heterocycles. The summed E-state index contributed by atoms with van der Waals surface area (Å²) < 4.78 is 0. The highest BCUT2D eigenvalue weighted by Crippen LogP contribution is 2.15. The fraction of sp³-hybridized carbons (Fsp3) is 0.562. The molecule has 1 aliphatic rings. The SMILES string of the molecule is CN(C)C1CCN(C(=O)[C@@H](N)Cc2ccccc2)CC1.Cl.Cl. The molecule has 0 aliphatic carbocycles. The Morgan fingerprint density at radius 2 is 1.77 bits per heavy atom. The number of hydrogen-bond acceptors (Lipinski definition) is 3. The van der Waals surface area contributed by atoms with Gasteiger partial charge in [-0.2, -0.15) is 0 Å². The zero-order valence-corrected chi connectivity index (χ0v) is 14.9. The van der Waals surface area contributed by atoms with E-state index in [1.165, 1.54) is 0 Å². The van der Waals surface area contributed by atoms with Gasteiger partial charge in [-0.1, -0.05) is 30.3 Å². The molecule has 1 aromatic carbocycles. The van der Waals surface area contributed by atoms with Crippen LogP contribution < -0.4 is 5.73 Å². The number of carbonyl (C=O) groups excluding carboxylic acids is 1. The molecular formula is C16H27Cl2N3O. The summed E-state index contributed by atoms with van der Waals surface area (Å²) in [6.45, 7) is 1.65. The highest BCUT2D eigenvalue weighted by atomic mass is 35.5. The highest BCUT2D eigenvalue weighted by Gasteiger charge is 2.26. The summed E-state index contributed by atoms with van der Waals surface area (Å²) in [6.07, 6.45) is 2.70. The summed E-state index contributed by atoms with van der Waals surface area (Å²) in [5.41, 5.74) is 7.19. The molecule has 1 aromatic rings. The number of halogens is 2. The van der Waals surface area contributed by atoms with Crippen LogP contribution in [0, 0.1) is 0 Å². The molecule has 1 fully saturated rings. The largest absolute Gasteiger partial charge is 0.341 e. The fourth-order valence-corrected chi connectivity index (χ4v) is 2.79. The van der Waals surface area contributed by atoms with Gasteiger partial charge in [0.25, 0.3) is 0 Å². The molecule has 22 heavy (non-hydrogen) atoms. The smallest absolute Gasteiger partial charge is 0.239 e. The Labute approximate surface area is 145 Å². The summed E-state index contributed by atoms with van der Waals surface area (Å²) in [6, 6.07) is 10.1. The van der Waals surface area contributed by atoms with E-state index in [-0.39, 0.29) is 30.7 Å². The summed E-state index contributed by atoms with van der Waals surface area (Å²) in [4.78, 5) is 16.5. The van der Waals surface area contributed by atoms with Gasteiger partial charge in [0.2, 0.25) is 5.91 Å². The van der Waals surface area contributed by atoms with Crippen molar-refractivity contribution in [3.63, 3.8) is 0 Å². The third kappa shape index (κ3) is 5.76. The zero-order chi connectivity index (χ0) is 14.5. The second-order valence-electron chi connectivity index (χ2n) is 5.82. The Bertz CT molecular complexity index is 434. The lowest BCUT2D eigenvalue weighted by Gasteiger charge is -2.36. The van der Waals surface area contributed by atoms with Crippen molar-refractivity contribution in [3.05, 3.63) is 35.9 Å². The topological polar surface area (TPSA) is 49.6 Å². The van der Waals surface area contributed by atoms with E-state index in [0.29, 0.717) is 12.5 Å². The number of likely N-dealkylation sites (tertiary alicyclic amines) is 1. The number of carbonyl (C=O) groups is 1. The van der Waals surface area contributed by atoms with Crippen LogP contribution in [0.3, 0.4) is 0 Å². The van der Waals surface area contributed by atoms with Gasteiger partial charge in [0, 0.05) is 19.1 Å². The maximum atomic E-state index is 12.4. The van der Waals surface area contributed by atoms with Gasteiger partial charge in [-0.3, -0.25) is 4.79 Å². The predicted octanol–water partition coefficient (Wildman–Crippen LogP) is 1.95. The first-order chi connectivity index (χ1) is 9.58. The van der Waals surface area contributed by atoms with Gasteiger partial charge < -0.3 is 15.5 Å². The third-order valence-corrected chi connectivity index (χ3v) is 4.12. The highest BCUT2D eigenvalue weighted by molar-refractivity contribution is 5.85. The molecule has 2 rings (SSSR count). The molecule has 4 nitrogen and oxygen atoms in total. The van der Waals surface area contributed by atoms with Gasteiger partial charge in [0.1, 0.15) is 0 Å². The lowest BCUT2D eigenvalue weighted by Crippen LogP contribution is -2.50. The fourth-order valence-electron chi connectivity index (χ4n) is 2.79. The van der Waals surface area contributed by atoms with Crippen LogP contribution in [0.25, 0.3) is 0 Å². The lowest BCUT2D eigenvalue weighted by molar-refractivity contribution is -0.134. The normalized spacial score (nSPS) is 16.6. The second-order valence-corrected chi connectivity index (χ2v) is 5.82. The van der Waals surface area contributed by atoms with E-state index >= 15 is 0 Å². The summed E-state index contributed by atoms with van der Waals surface area (Å²) >= 11 is 0. The molecule has 0 bridgehead atoms. The van der Waals surface area contributed by atoms with Gasteiger partial charge in [0.15, 0.2) is 0 Å². The van der Waals surface area contributed by atoms with E-state index in [4.69, 9.17) is 5.73 Å². The summed E-state index contributed by atoms with van der Waals surface area (Å²) in [5, 5.41) is 0. The first kappa shape index (κ1) is 21.2. The number of piperidine rings is 1. The molecule has 0 spiro atoms. The van der Waals surface area contributed by atoms with Crippen molar-refractivity contribution in [2.24, 2.45) is 5.73 Å². The average molecular weight is 348 g/mol. The molecule has 1 saturated heterocycles. The van der Waals surface area contributed by atoms with Crippen LogP contribution in [0.1, 0.15) is 18.4 Å². The molecule has 6 heteroatoms. The van der Waals surface area contributed by atoms with Crippen LogP contribution in [0.2, 0.25) is 0 Å². The van der Waals surface area contributed by atoms with E-state index in [0.717, 1.165) is 31.5 Å². The second kappa shape index (κ2) is 10.1. The minimum atomic E-state index is -0.423. The number of hydrogen-bond donors (Lipinski definition) is 1. The first-order valence-corrected chi connectivity index (χ1v) is 7.32. The average Bonchev–Trinajstić information content (AvgIpc) is 2.47. The molecule has 1 atom stereocenters. The quantitative estimate of drug-likeness (QED) is 0.905. The van der Waals surface area contributed by atoms with Crippen molar-refractivity contribution in [3.8, 4) is 0 Å². The molecule has 126 valence electrons. The zero-order valence-electron chi connectivity index (χ0n) is 13.3. The lowest BCUT2D eigenvalue weighted by atomic mass is 10.0. The molecule has 1 heterocycles. The van der Waals surface area contributed by atoms with Gasteiger partial charge in [-0.15, -0.1) is 24.8 Å². The standard InChI is InChI=1S/C16H25N3O.2ClH/c1-18(2)14-8-10-19(11-9-14)16(20)15(17)12-13-6-4-3-5-7-13;;/h3-7,14-15H,8-12,17H2,1-2H3;2*1H/t15-;;/m0../s1. The third-order valence-electron chi connectivity index (χ3n) is 4.12. The van der Waals surface area contributed by atoms with Crippen LogP contribution in [0.5, 0.6) is 0 Å². The molecule has 0 saturated carbocycles. The van der Waals surface area contributed by atoms with Gasteiger partial charge >= 0.3 is 0 Å². The number of rotatable bonds is 4. The van der Waals surface area contributed by atoms with E-state index < -0.39 is 6.04 Å². The molecule has 2 N–H and O–H groups in total. The van der Waals surface area contributed by atoms with E-state index in [1.54, 1.807) is 0 Å². The van der Waals surface area contributed by atoms with Gasteiger partial charge in [-0.25, -0.2) is 0 Å². The number of benzene rings is 1. The van der Waals surface area contributed by atoms with Crippen molar-refractivity contribution >= 4 is 30.7 Å². The maximum absolute atomic E-state index is 12.4. The van der Waals surface area contributed by atoms with Crippen molar-refractivity contribution in [2.75, 3.05) is 27.2 Å². The molecular weight excluding hydrogens is 321 g/mol. The molecule has 0 aromatic heterocycles. The van der Waals surface area contributed by atoms with Crippen LogP contribution in [0.4, 0.5) is 0 Å². The molecule has 0 unspecified atom stereocenters. The first-order valence-electron chi connectivity index (χ1n) is 7.32. The van der Waals surface area contributed by atoms with Crippen LogP contribution >= 0.6 is 24.8 Å².